The van der Waals surface area contributed by atoms with Crippen molar-refractivity contribution in [3.63, 3.8) is 0 Å². The number of hydrogen-bond donors (Lipinski definition) is 1. The number of rotatable bonds is 8. The van der Waals surface area contributed by atoms with E-state index in [4.69, 9.17) is 14.2 Å². The van der Waals surface area contributed by atoms with Gasteiger partial charge < -0.3 is 24.4 Å². The van der Waals surface area contributed by atoms with Crippen LogP contribution in [0.4, 0.5) is 0 Å². The molecular formula is C23H34IN5O3. The SMILES string of the molecule is CCOc1ncccc1CNC(=NC)N1CCN(Cc2cc(OC)ccc2OC)CC1.I. The van der Waals surface area contributed by atoms with Crippen molar-refractivity contribution in [2.24, 2.45) is 4.99 Å². The summed E-state index contributed by atoms with van der Waals surface area (Å²) in [4.78, 5) is 13.5. The summed E-state index contributed by atoms with van der Waals surface area (Å²) >= 11 is 0. The highest BCUT2D eigenvalue weighted by Crippen LogP contribution is 2.25. The minimum atomic E-state index is 0. The lowest BCUT2D eigenvalue weighted by atomic mass is 10.1. The number of ether oxygens (including phenoxy) is 3. The average molecular weight is 555 g/mol. The van der Waals surface area contributed by atoms with Crippen molar-refractivity contribution in [1.82, 2.24) is 20.1 Å². The third-order valence-corrected chi connectivity index (χ3v) is 5.33. The number of methoxy groups -OCH3 is 2. The number of piperazine rings is 1. The van der Waals surface area contributed by atoms with Crippen molar-refractivity contribution in [1.29, 1.82) is 0 Å². The number of aliphatic imine (C=N–C) groups is 1. The Morgan fingerprint density at radius 2 is 1.88 bits per heavy atom. The van der Waals surface area contributed by atoms with Crippen LogP contribution in [0.3, 0.4) is 0 Å². The lowest BCUT2D eigenvalue weighted by Gasteiger charge is -2.36. The Balaban J connectivity index is 0.00000363. The molecule has 0 bridgehead atoms. The molecule has 1 saturated heterocycles. The molecule has 3 rings (SSSR count). The van der Waals surface area contributed by atoms with Crippen LogP contribution in [0, 0.1) is 0 Å². The molecule has 1 aromatic carbocycles. The molecule has 0 spiro atoms. The summed E-state index contributed by atoms with van der Waals surface area (Å²) in [6, 6.07) is 9.89. The molecular weight excluding hydrogens is 521 g/mol. The maximum Gasteiger partial charge on any atom is 0.218 e. The first-order valence-electron chi connectivity index (χ1n) is 10.6. The topological polar surface area (TPSA) is 71.5 Å². The van der Waals surface area contributed by atoms with Gasteiger partial charge in [-0.25, -0.2) is 4.98 Å². The lowest BCUT2D eigenvalue weighted by molar-refractivity contribution is 0.171. The third kappa shape index (κ3) is 6.86. The van der Waals surface area contributed by atoms with Crippen LogP contribution in [-0.2, 0) is 13.1 Å². The van der Waals surface area contributed by atoms with Gasteiger partial charge in [-0.15, -0.1) is 24.0 Å². The zero-order valence-corrected chi connectivity index (χ0v) is 21.7. The molecule has 0 atom stereocenters. The van der Waals surface area contributed by atoms with Crippen LogP contribution in [0.1, 0.15) is 18.1 Å². The van der Waals surface area contributed by atoms with Crippen LogP contribution < -0.4 is 19.5 Å². The fraction of sp³-hybridized carbons (Fsp3) is 0.478. The molecule has 0 amide bonds. The highest BCUT2D eigenvalue weighted by atomic mass is 127. The van der Waals surface area contributed by atoms with E-state index in [9.17, 15) is 0 Å². The van der Waals surface area contributed by atoms with E-state index in [-0.39, 0.29) is 24.0 Å². The number of pyridine rings is 1. The Kier molecular flexibility index (Phi) is 10.8. The normalized spacial score (nSPS) is 14.5. The molecule has 176 valence electrons. The second-order valence-corrected chi connectivity index (χ2v) is 7.24. The van der Waals surface area contributed by atoms with Gasteiger partial charge in [0.15, 0.2) is 5.96 Å². The number of hydrogen-bond acceptors (Lipinski definition) is 6. The molecule has 2 aromatic rings. The van der Waals surface area contributed by atoms with Crippen LogP contribution in [0.25, 0.3) is 0 Å². The summed E-state index contributed by atoms with van der Waals surface area (Å²) in [5.41, 5.74) is 2.16. The van der Waals surface area contributed by atoms with E-state index in [1.54, 1.807) is 20.4 Å². The zero-order chi connectivity index (χ0) is 22.1. The smallest absolute Gasteiger partial charge is 0.218 e. The lowest BCUT2D eigenvalue weighted by Crippen LogP contribution is -2.52. The number of nitrogens with zero attached hydrogens (tertiary/aromatic N) is 4. The monoisotopic (exact) mass is 555 g/mol. The second kappa shape index (κ2) is 13.3. The Hall–Kier alpha value is -2.27. The summed E-state index contributed by atoms with van der Waals surface area (Å²) in [5, 5.41) is 3.45. The Labute approximate surface area is 208 Å². The van der Waals surface area contributed by atoms with Gasteiger partial charge in [-0.1, -0.05) is 6.07 Å². The number of guanidine groups is 1. The molecule has 1 aromatic heterocycles. The van der Waals surface area contributed by atoms with Crippen LogP contribution >= 0.6 is 24.0 Å². The number of nitrogens with one attached hydrogen (secondary N) is 1. The third-order valence-electron chi connectivity index (χ3n) is 5.33. The molecule has 0 saturated carbocycles. The van der Waals surface area contributed by atoms with Gasteiger partial charge in [0.05, 0.1) is 20.8 Å². The van der Waals surface area contributed by atoms with Crippen LogP contribution in [0.2, 0.25) is 0 Å². The molecule has 1 aliphatic heterocycles. The van der Waals surface area contributed by atoms with Crippen LogP contribution in [-0.4, -0.2) is 74.8 Å². The fourth-order valence-electron chi connectivity index (χ4n) is 3.70. The number of halogens is 1. The molecule has 0 unspecified atom stereocenters. The van der Waals surface area contributed by atoms with Crippen molar-refractivity contribution in [2.75, 3.05) is 54.1 Å². The molecule has 1 N–H and O–H groups in total. The highest BCUT2D eigenvalue weighted by Gasteiger charge is 2.21. The average Bonchev–Trinajstić information content (AvgIpc) is 2.81. The summed E-state index contributed by atoms with van der Waals surface area (Å²) in [7, 11) is 5.21. The molecule has 0 aliphatic carbocycles. The van der Waals surface area contributed by atoms with Gasteiger partial charge >= 0.3 is 0 Å². The number of benzene rings is 1. The minimum absolute atomic E-state index is 0. The minimum Gasteiger partial charge on any atom is -0.497 e. The van der Waals surface area contributed by atoms with Gasteiger partial charge in [0, 0.05) is 63.6 Å². The molecule has 32 heavy (non-hydrogen) atoms. The molecule has 8 nitrogen and oxygen atoms in total. The molecule has 2 heterocycles. The van der Waals surface area contributed by atoms with Crippen LogP contribution in [0.15, 0.2) is 41.5 Å². The van der Waals surface area contributed by atoms with E-state index in [1.807, 2.05) is 38.2 Å². The quantitative estimate of drug-likeness (QED) is 0.305. The highest BCUT2D eigenvalue weighted by molar-refractivity contribution is 14.0. The van der Waals surface area contributed by atoms with Crippen molar-refractivity contribution >= 4 is 29.9 Å². The van der Waals surface area contributed by atoms with Gasteiger partial charge in [0.2, 0.25) is 5.88 Å². The molecule has 1 fully saturated rings. The largest absolute Gasteiger partial charge is 0.497 e. The van der Waals surface area contributed by atoms with Gasteiger partial charge in [0.25, 0.3) is 0 Å². The van der Waals surface area contributed by atoms with Gasteiger partial charge in [-0.05, 0) is 31.2 Å². The predicted molar refractivity (Wildman–Crippen MR) is 137 cm³/mol. The molecule has 9 heteroatoms. The Bertz CT molecular complexity index is 872. The standard InChI is InChI=1S/C23H33N5O3.HI/c1-5-31-22-18(7-6-10-25-22)16-26-23(24-2)28-13-11-27(12-14-28)17-19-15-20(29-3)8-9-21(19)30-4;/h6-10,15H,5,11-14,16-17H2,1-4H3,(H,24,26);1H. The first-order chi connectivity index (χ1) is 15.2. The first kappa shape index (κ1) is 26.0. The van der Waals surface area contributed by atoms with E-state index in [2.05, 4.69) is 31.2 Å². The zero-order valence-electron chi connectivity index (χ0n) is 19.3. The summed E-state index contributed by atoms with van der Waals surface area (Å²) < 4.78 is 16.5. The summed E-state index contributed by atoms with van der Waals surface area (Å²) in [5.74, 6) is 3.30. The van der Waals surface area contributed by atoms with Gasteiger partial charge in [-0.2, -0.15) is 0 Å². The Morgan fingerprint density at radius 3 is 2.53 bits per heavy atom. The van der Waals surface area contributed by atoms with Gasteiger partial charge in [-0.3, -0.25) is 9.89 Å². The maximum absolute atomic E-state index is 5.62. The van der Waals surface area contributed by atoms with E-state index in [0.717, 1.165) is 61.3 Å². The maximum atomic E-state index is 5.62. The van der Waals surface area contributed by atoms with E-state index >= 15 is 0 Å². The van der Waals surface area contributed by atoms with Crippen molar-refractivity contribution in [2.45, 2.75) is 20.0 Å². The number of aromatic nitrogens is 1. The predicted octanol–water partition coefficient (Wildman–Crippen LogP) is 3.01. The molecule has 1 aliphatic rings. The van der Waals surface area contributed by atoms with Gasteiger partial charge in [0.1, 0.15) is 11.5 Å². The summed E-state index contributed by atoms with van der Waals surface area (Å²) in [6.07, 6.45) is 1.75. The van der Waals surface area contributed by atoms with E-state index in [1.165, 1.54) is 0 Å². The first-order valence-corrected chi connectivity index (χ1v) is 10.6. The van der Waals surface area contributed by atoms with E-state index < -0.39 is 0 Å². The van der Waals surface area contributed by atoms with Crippen molar-refractivity contribution in [3.8, 4) is 17.4 Å². The fourth-order valence-corrected chi connectivity index (χ4v) is 3.70. The second-order valence-electron chi connectivity index (χ2n) is 7.24. The molecule has 0 radical (unpaired) electrons. The van der Waals surface area contributed by atoms with E-state index in [0.29, 0.717) is 19.0 Å². The van der Waals surface area contributed by atoms with Crippen LogP contribution in [0.5, 0.6) is 17.4 Å². The van der Waals surface area contributed by atoms with Crippen molar-refractivity contribution in [3.05, 3.63) is 47.7 Å². The van der Waals surface area contributed by atoms with Crippen molar-refractivity contribution < 1.29 is 14.2 Å². The Morgan fingerprint density at radius 1 is 1.09 bits per heavy atom. The summed E-state index contributed by atoms with van der Waals surface area (Å²) in [6.45, 7) is 7.69.